The van der Waals surface area contributed by atoms with Gasteiger partial charge in [0.05, 0.1) is 0 Å². The summed E-state index contributed by atoms with van der Waals surface area (Å²) in [6.45, 7) is 0. The SMILES string of the molecule is Oc1ccc2[nH]c3ccc(CC(F)(F)C(F)(F)C(F)(F)C(F)(F)F)cc3c2c1. The van der Waals surface area contributed by atoms with Crippen molar-refractivity contribution in [3.63, 3.8) is 0 Å². The van der Waals surface area contributed by atoms with Gasteiger partial charge in [-0.3, -0.25) is 0 Å². The molecule has 0 aliphatic rings. The number of hydrogen-bond donors (Lipinski definition) is 2. The van der Waals surface area contributed by atoms with E-state index in [2.05, 4.69) is 4.98 Å². The van der Waals surface area contributed by atoms with Gasteiger partial charge in [0.25, 0.3) is 0 Å². The summed E-state index contributed by atoms with van der Waals surface area (Å²) < 4.78 is 117. The van der Waals surface area contributed by atoms with Gasteiger partial charge in [0.2, 0.25) is 0 Å². The lowest BCUT2D eigenvalue weighted by Crippen LogP contribution is -2.61. The molecular formula is C17H10F9NO. The molecule has 1 aromatic heterocycles. The number of aromatic hydroxyl groups is 1. The normalized spacial score (nSPS) is 14.2. The first-order valence-corrected chi connectivity index (χ1v) is 7.61. The predicted octanol–water partition coefficient (Wildman–Crippen LogP) is 6.04. The molecule has 0 aliphatic carbocycles. The summed E-state index contributed by atoms with van der Waals surface area (Å²) >= 11 is 0. The van der Waals surface area contributed by atoms with Crippen LogP contribution in [0.4, 0.5) is 39.5 Å². The number of H-pyrrole nitrogens is 1. The van der Waals surface area contributed by atoms with E-state index in [0.29, 0.717) is 16.4 Å². The number of alkyl halides is 9. The van der Waals surface area contributed by atoms with E-state index in [1.807, 2.05) is 0 Å². The van der Waals surface area contributed by atoms with Crippen LogP contribution < -0.4 is 0 Å². The number of phenolic OH excluding ortho intramolecular Hbond substituents is 1. The van der Waals surface area contributed by atoms with Gasteiger partial charge in [0.1, 0.15) is 5.75 Å². The Morgan fingerprint density at radius 3 is 1.82 bits per heavy atom. The number of nitrogens with one attached hydrogen (secondary N) is 1. The molecule has 0 aliphatic heterocycles. The maximum Gasteiger partial charge on any atom is 0.460 e. The monoisotopic (exact) mass is 415 g/mol. The second-order valence-corrected chi connectivity index (χ2v) is 6.26. The van der Waals surface area contributed by atoms with E-state index in [-0.39, 0.29) is 11.1 Å². The molecule has 2 nitrogen and oxygen atoms in total. The third kappa shape index (κ3) is 2.92. The topological polar surface area (TPSA) is 36.0 Å². The van der Waals surface area contributed by atoms with Crippen LogP contribution in [0, 0.1) is 0 Å². The lowest BCUT2D eigenvalue weighted by molar-refractivity contribution is -0.395. The Morgan fingerprint density at radius 2 is 1.25 bits per heavy atom. The highest BCUT2D eigenvalue weighted by atomic mass is 19.4. The average molecular weight is 415 g/mol. The largest absolute Gasteiger partial charge is 0.508 e. The first kappa shape index (κ1) is 20.2. The number of rotatable bonds is 4. The van der Waals surface area contributed by atoms with Crippen molar-refractivity contribution in [2.24, 2.45) is 0 Å². The molecule has 152 valence electrons. The Balaban J connectivity index is 2.03. The Hall–Kier alpha value is -2.59. The van der Waals surface area contributed by atoms with Crippen LogP contribution in [0.1, 0.15) is 5.56 Å². The van der Waals surface area contributed by atoms with Crippen molar-refractivity contribution in [2.75, 3.05) is 0 Å². The summed E-state index contributed by atoms with van der Waals surface area (Å²) in [5.74, 6) is -19.4. The number of aromatic nitrogens is 1. The van der Waals surface area contributed by atoms with Crippen molar-refractivity contribution in [3.05, 3.63) is 42.0 Å². The molecule has 0 spiro atoms. The van der Waals surface area contributed by atoms with E-state index in [0.717, 1.165) is 12.1 Å². The standard InChI is InChI=1S/C17H10F9NO/c18-14(19,15(20,21)16(22,23)17(24,25)26)7-8-1-3-12-10(5-8)11-6-9(28)2-4-13(11)27-12/h1-6,27-28H,7H2. The first-order valence-electron chi connectivity index (χ1n) is 7.61. The maximum absolute atomic E-state index is 13.8. The molecule has 1 heterocycles. The lowest BCUT2D eigenvalue weighted by Gasteiger charge is -2.33. The van der Waals surface area contributed by atoms with Crippen molar-refractivity contribution in [1.82, 2.24) is 4.98 Å². The fourth-order valence-corrected chi connectivity index (χ4v) is 2.82. The molecule has 2 N–H and O–H groups in total. The molecule has 3 rings (SSSR count). The van der Waals surface area contributed by atoms with Crippen LogP contribution in [0.15, 0.2) is 36.4 Å². The summed E-state index contributed by atoms with van der Waals surface area (Å²) in [4.78, 5) is 2.85. The number of benzene rings is 2. The summed E-state index contributed by atoms with van der Waals surface area (Å²) in [5.41, 5.74) is 0.241. The minimum absolute atomic E-state index is 0.180. The molecule has 0 atom stereocenters. The smallest absolute Gasteiger partial charge is 0.460 e. The van der Waals surface area contributed by atoms with E-state index in [9.17, 15) is 44.6 Å². The van der Waals surface area contributed by atoms with Crippen LogP contribution in [0.3, 0.4) is 0 Å². The molecule has 3 aromatic rings. The molecule has 28 heavy (non-hydrogen) atoms. The first-order chi connectivity index (χ1) is 12.7. The zero-order valence-electron chi connectivity index (χ0n) is 13.5. The fraction of sp³-hybridized carbons (Fsp3) is 0.294. The van der Waals surface area contributed by atoms with Gasteiger partial charge in [-0.05, 0) is 35.9 Å². The third-order valence-corrected chi connectivity index (χ3v) is 4.28. The van der Waals surface area contributed by atoms with Crippen LogP contribution in [0.25, 0.3) is 21.8 Å². The molecule has 0 unspecified atom stereocenters. The summed E-state index contributed by atoms with van der Waals surface area (Å²) in [6, 6.07) is 7.10. The second kappa shape index (κ2) is 5.95. The van der Waals surface area contributed by atoms with Crippen LogP contribution in [-0.4, -0.2) is 34.0 Å². The van der Waals surface area contributed by atoms with Gasteiger partial charge in [-0.25, -0.2) is 0 Å². The Kier molecular flexibility index (Phi) is 4.28. The molecular weight excluding hydrogens is 405 g/mol. The summed E-state index contributed by atoms with van der Waals surface area (Å²) in [6.07, 6.45) is -8.90. The van der Waals surface area contributed by atoms with Crippen LogP contribution >= 0.6 is 0 Å². The summed E-state index contributed by atoms with van der Waals surface area (Å²) in [5, 5.41) is 10.0. The van der Waals surface area contributed by atoms with Crippen molar-refractivity contribution in [2.45, 2.75) is 30.4 Å². The molecule has 11 heteroatoms. The Labute approximate surface area is 150 Å². The van der Waals surface area contributed by atoms with Gasteiger partial charge in [0, 0.05) is 28.2 Å². The number of halogens is 9. The predicted molar refractivity (Wildman–Crippen MR) is 82.1 cm³/mol. The zero-order valence-corrected chi connectivity index (χ0v) is 13.5. The number of fused-ring (bicyclic) bond motifs is 3. The molecule has 2 aromatic carbocycles. The number of aromatic amines is 1. The van der Waals surface area contributed by atoms with Gasteiger partial charge in [0.15, 0.2) is 0 Å². The minimum atomic E-state index is -6.92. The highest BCUT2D eigenvalue weighted by molar-refractivity contribution is 6.07. The van der Waals surface area contributed by atoms with E-state index in [1.54, 1.807) is 0 Å². The second-order valence-electron chi connectivity index (χ2n) is 6.26. The summed E-state index contributed by atoms with van der Waals surface area (Å²) in [7, 11) is 0. The van der Waals surface area contributed by atoms with E-state index in [1.165, 1.54) is 24.3 Å². The molecule has 0 saturated heterocycles. The molecule has 0 bridgehead atoms. The fourth-order valence-electron chi connectivity index (χ4n) is 2.82. The third-order valence-electron chi connectivity index (χ3n) is 4.28. The van der Waals surface area contributed by atoms with Gasteiger partial charge in [-0.2, -0.15) is 39.5 Å². The highest BCUT2D eigenvalue weighted by Crippen LogP contribution is 2.53. The van der Waals surface area contributed by atoms with Crippen molar-refractivity contribution >= 4 is 21.8 Å². The van der Waals surface area contributed by atoms with Gasteiger partial charge in [-0.15, -0.1) is 0 Å². The Bertz CT molecular complexity index is 1040. The Morgan fingerprint density at radius 1 is 0.714 bits per heavy atom. The van der Waals surface area contributed by atoms with Crippen LogP contribution in [0.5, 0.6) is 5.75 Å². The minimum Gasteiger partial charge on any atom is -0.508 e. The van der Waals surface area contributed by atoms with Crippen molar-refractivity contribution in [1.29, 1.82) is 0 Å². The lowest BCUT2D eigenvalue weighted by atomic mass is 9.96. The van der Waals surface area contributed by atoms with Crippen LogP contribution in [-0.2, 0) is 6.42 Å². The number of hydrogen-bond acceptors (Lipinski definition) is 1. The van der Waals surface area contributed by atoms with Crippen LogP contribution in [0.2, 0.25) is 0 Å². The quantitative estimate of drug-likeness (QED) is 0.501. The molecule has 0 fully saturated rings. The van der Waals surface area contributed by atoms with Gasteiger partial charge < -0.3 is 10.1 Å². The van der Waals surface area contributed by atoms with E-state index < -0.39 is 35.9 Å². The zero-order chi connectivity index (χ0) is 21.1. The van der Waals surface area contributed by atoms with Gasteiger partial charge in [-0.1, -0.05) is 6.07 Å². The van der Waals surface area contributed by atoms with Crippen molar-refractivity contribution in [3.8, 4) is 5.75 Å². The molecule has 0 amide bonds. The number of phenols is 1. The van der Waals surface area contributed by atoms with E-state index >= 15 is 0 Å². The maximum atomic E-state index is 13.8. The van der Waals surface area contributed by atoms with Crippen molar-refractivity contribution < 1.29 is 44.6 Å². The van der Waals surface area contributed by atoms with E-state index in [4.69, 9.17) is 0 Å². The average Bonchev–Trinajstić information content (AvgIpc) is 2.90. The molecule has 0 saturated carbocycles. The highest BCUT2D eigenvalue weighted by Gasteiger charge is 2.81. The van der Waals surface area contributed by atoms with Gasteiger partial charge >= 0.3 is 23.9 Å². The molecule has 0 radical (unpaired) electrons.